The van der Waals surface area contributed by atoms with E-state index in [2.05, 4.69) is 61.0 Å². The second-order valence-electron chi connectivity index (χ2n) is 7.54. The van der Waals surface area contributed by atoms with Crippen molar-refractivity contribution in [2.24, 2.45) is 0 Å². The van der Waals surface area contributed by atoms with Gasteiger partial charge >= 0.3 is 0 Å². The molecule has 2 aromatic carbocycles. The van der Waals surface area contributed by atoms with Crippen LogP contribution in [0.2, 0.25) is 0 Å². The average molecular weight is 360 g/mol. The number of ether oxygens (including phenoxy) is 1. The predicted octanol–water partition coefficient (Wildman–Crippen LogP) is 3.89. The number of nitrogens with one attached hydrogen (secondary N) is 1. The van der Waals surface area contributed by atoms with E-state index in [-0.39, 0.29) is 11.3 Å². The van der Waals surface area contributed by atoms with Gasteiger partial charge in [0.25, 0.3) is 0 Å². The zero-order chi connectivity index (χ0) is 19.1. The summed E-state index contributed by atoms with van der Waals surface area (Å²) in [6.07, 6.45) is 5.92. The van der Waals surface area contributed by atoms with Gasteiger partial charge in [-0.2, -0.15) is 0 Å². The first-order valence-corrected chi connectivity index (χ1v) is 9.19. The fourth-order valence-corrected chi connectivity index (χ4v) is 4.19. The molecule has 0 aliphatic carbocycles. The van der Waals surface area contributed by atoms with Gasteiger partial charge in [0.1, 0.15) is 18.0 Å². The number of para-hydroxylation sites is 1. The number of rotatable bonds is 5. The van der Waals surface area contributed by atoms with E-state index in [1.54, 1.807) is 6.08 Å². The van der Waals surface area contributed by atoms with Crippen LogP contribution in [0.15, 0.2) is 67.3 Å². The number of fused-ring (bicyclic) bond motifs is 3. The van der Waals surface area contributed by atoms with Crippen LogP contribution in [0.1, 0.15) is 25.0 Å². The minimum Gasteiger partial charge on any atom is -0.490 e. The van der Waals surface area contributed by atoms with Crippen molar-refractivity contribution in [3.05, 3.63) is 78.4 Å². The Hall–Kier alpha value is -3.01. The van der Waals surface area contributed by atoms with Crippen molar-refractivity contribution in [2.75, 3.05) is 18.1 Å². The van der Waals surface area contributed by atoms with Gasteiger partial charge in [-0.05, 0) is 35.4 Å². The van der Waals surface area contributed by atoms with Crippen LogP contribution in [0.3, 0.4) is 0 Å². The molecule has 1 saturated heterocycles. The normalized spacial score (nSPS) is 22.4. The summed E-state index contributed by atoms with van der Waals surface area (Å²) in [5.74, 6) is 0.866. The first-order chi connectivity index (χ1) is 13.0. The molecule has 4 rings (SSSR count). The number of benzene rings is 2. The van der Waals surface area contributed by atoms with Gasteiger partial charge in [-0.3, -0.25) is 4.79 Å². The van der Waals surface area contributed by atoms with Crippen LogP contribution in [0, 0.1) is 0 Å². The Labute approximate surface area is 160 Å². The third-order valence-corrected chi connectivity index (χ3v) is 5.64. The molecule has 0 spiro atoms. The number of amides is 1. The summed E-state index contributed by atoms with van der Waals surface area (Å²) in [6.45, 7) is 8.90. The average Bonchev–Trinajstić information content (AvgIpc) is 3.10. The molecule has 27 heavy (non-hydrogen) atoms. The van der Waals surface area contributed by atoms with Crippen LogP contribution >= 0.6 is 0 Å². The van der Waals surface area contributed by atoms with Gasteiger partial charge in [0, 0.05) is 11.1 Å². The van der Waals surface area contributed by atoms with Gasteiger partial charge in [0.2, 0.25) is 5.91 Å². The molecule has 2 aromatic rings. The highest BCUT2D eigenvalue weighted by Crippen LogP contribution is 2.52. The van der Waals surface area contributed by atoms with Gasteiger partial charge in [-0.15, -0.1) is 0 Å². The second-order valence-corrected chi connectivity index (χ2v) is 7.54. The third kappa shape index (κ3) is 2.64. The number of anilines is 1. The highest BCUT2D eigenvalue weighted by molar-refractivity contribution is 5.91. The lowest BCUT2D eigenvalue weighted by atomic mass is 9.75. The first-order valence-electron chi connectivity index (χ1n) is 9.19. The molecule has 4 nitrogen and oxygen atoms in total. The quantitative estimate of drug-likeness (QED) is 0.823. The minimum atomic E-state index is -0.564. The number of hydrogen-bond donors (Lipinski definition) is 1. The number of hydrogen-bond acceptors (Lipinski definition) is 3. The maximum Gasteiger partial charge on any atom is 0.241 e. The van der Waals surface area contributed by atoms with Gasteiger partial charge in [0.15, 0.2) is 0 Å². The monoisotopic (exact) mass is 360 g/mol. The molecule has 2 aliphatic rings. The number of carbonyl (C=O) groups is 1. The Balaban J connectivity index is 1.68. The Morgan fingerprint density at radius 3 is 2.67 bits per heavy atom. The van der Waals surface area contributed by atoms with Crippen LogP contribution in [0.25, 0.3) is 6.08 Å². The summed E-state index contributed by atoms with van der Waals surface area (Å²) in [7, 11) is 0. The zero-order valence-corrected chi connectivity index (χ0v) is 15.7. The van der Waals surface area contributed by atoms with E-state index in [0.29, 0.717) is 13.2 Å². The van der Waals surface area contributed by atoms with E-state index >= 15 is 0 Å². The maximum atomic E-state index is 12.3. The molecular formula is C23H24N2O2. The van der Waals surface area contributed by atoms with Crippen LogP contribution in [0.4, 0.5) is 5.69 Å². The lowest BCUT2D eigenvalue weighted by Gasteiger charge is -2.40. The Morgan fingerprint density at radius 2 is 1.93 bits per heavy atom. The number of carbonyl (C=O) groups excluding carboxylic acids is 1. The van der Waals surface area contributed by atoms with Crippen molar-refractivity contribution < 1.29 is 9.53 Å². The molecular weight excluding hydrogens is 336 g/mol. The third-order valence-electron chi connectivity index (χ3n) is 5.64. The van der Waals surface area contributed by atoms with Crippen molar-refractivity contribution in [1.82, 2.24) is 5.32 Å². The van der Waals surface area contributed by atoms with Gasteiger partial charge < -0.3 is 15.0 Å². The molecule has 2 heterocycles. The molecule has 1 amide bonds. The standard InChI is InChI=1S/C23H24N2O2/c1-4-15-27-18-11-9-17(10-12-18)13-14-23-22(2,3)19-7-5-6-8-20(19)25(23)16-21(26)24-23/h4-14H,1,15-16H2,2-3H3,(H,24,26)/t23-/m0/s1. The largest absolute Gasteiger partial charge is 0.490 e. The molecule has 0 saturated carbocycles. The molecule has 1 atom stereocenters. The fraction of sp³-hybridized carbons (Fsp3) is 0.261. The number of nitrogens with zero attached hydrogens (tertiary/aromatic N) is 1. The van der Waals surface area contributed by atoms with Gasteiger partial charge in [0.05, 0.1) is 6.54 Å². The van der Waals surface area contributed by atoms with Crippen molar-refractivity contribution in [3.63, 3.8) is 0 Å². The Kier molecular flexibility index (Phi) is 4.06. The molecule has 0 bridgehead atoms. The van der Waals surface area contributed by atoms with Crippen molar-refractivity contribution >= 4 is 17.7 Å². The zero-order valence-electron chi connectivity index (χ0n) is 15.7. The van der Waals surface area contributed by atoms with Crippen LogP contribution < -0.4 is 15.0 Å². The van der Waals surface area contributed by atoms with E-state index in [0.717, 1.165) is 17.0 Å². The lowest BCUT2D eigenvalue weighted by molar-refractivity contribution is -0.118. The summed E-state index contributed by atoms with van der Waals surface area (Å²) in [4.78, 5) is 14.5. The fourth-order valence-electron chi connectivity index (χ4n) is 4.19. The van der Waals surface area contributed by atoms with Crippen molar-refractivity contribution in [2.45, 2.75) is 24.9 Å². The molecule has 0 aromatic heterocycles. The highest BCUT2D eigenvalue weighted by Gasteiger charge is 2.59. The van der Waals surface area contributed by atoms with E-state index in [1.807, 2.05) is 30.3 Å². The summed E-state index contributed by atoms with van der Waals surface area (Å²) >= 11 is 0. The summed E-state index contributed by atoms with van der Waals surface area (Å²) in [5.41, 5.74) is 2.62. The van der Waals surface area contributed by atoms with E-state index in [1.165, 1.54) is 5.56 Å². The van der Waals surface area contributed by atoms with Crippen LogP contribution in [-0.4, -0.2) is 24.7 Å². The topological polar surface area (TPSA) is 41.6 Å². The summed E-state index contributed by atoms with van der Waals surface area (Å²) in [5, 5.41) is 3.24. The second kappa shape index (κ2) is 6.31. The lowest BCUT2D eigenvalue weighted by Crippen LogP contribution is -2.58. The van der Waals surface area contributed by atoms with Crippen molar-refractivity contribution in [1.29, 1.82) is 0 Å². The molecule has 0 unspecified atom stereocenters. The van der Waals surface area contributed by atoms with Crippen LogP contribution in [0.5, 0.6) is 5.75 Å². The van der Waals surface area contributed by atoms with E-state index in [9.17, 15) is 4.79 Å². The molecule has 138 valence electrons. The SMILES string of the molecule is C=CCOc1ccc(C=C[C@]23NC(=O)CN2c2ccccc2C3(C)C)cc1. The summed E-state index contributed by atoms with van der Waals surface area (Å²) in [6, 6.07) is 16.3. The maximum absolute atomic E-state index is 12.3. The first kappa shape index (κ1) is 17.4. The summed E-state index contributed by atoms with van der Waals surface area (Å²) < 4.78 is 5.54. The molecule has 4 heteroatoms. The van der Waals surface area contributed by atoms with Gasteiger partial charge in [-0.25, -0.2) is 0 Å². The van der Waals surface area contributed by atoms with Crippen LogP contribution in [-0.2, 0) is 10.2 Å². The minimum absolute atomic E-state index is 0.0513. The smallest absolute Gasteiger partial charge is 0.241 e. The molecule has 0 radical (unpaired) electrons. The Bertz CT molecular complexity index is 914. The van der Waals surface area contributed by atoms with Gasteiger partial charge in [-0.1, -0.05) is 62.9 Å². The van der Waals surface area contributed by atoms with Crippen molar-refractivity contribution in [3.8, 4) is 5.75 Å². The predicted molar refractivity (Wildman–Crippen MR) is 109 cm³/mol. The van der Waals surface area contributed by atoms with E-state index < -0.39 is 5.66 Å². The Morgan fingerprint density at radius 1 is 1.19 bits per heavy atom. The van der Waals surface area contributed by atoms with E-state index in [4.69, 9.17) is 4.74 Å². The molecule has 2 aliphatic heterocycles. The highest BCUT2D eigenvalue weighted by atomic mass is 16.5. The molecule has 1 fully saturated rings. The molecule has 1 N–H and O–H groups in total.